The number of anilines is 1. The smallest absolute Gasteiger partial charge is 0.271 e. The van der Waals surface area contributed by atoms with Gasteiger partial charge in [0, 0.05) is 17.0 Å². The Morgan fingerprint density at radius 1 is 1.03 bits per heavy atom. The molecule has 2 aromatic rings. The van der Waals surface area contributed by atoms with E-state index in [1.165, 1.54) is 31.8 Å². The number of nitrogens with zero attached hydrogens (tertiary/aromatic N) is 1. The van der Waals surface area contributed by atoms with Gasteiger partial charge in [-0.1, -0.05) is 12.1 Å². The molecule has 1 aliphatic rings. The number of methoxy groups -OCH3 is 2. The lowest BCUT2D eigenvalue weighted by atomic mass is 9.90. The summed E-state index contributed by atoms with van der Waals surface area (Å²) in [5.74, 6) is 0.438. The monoisotopic (exact) mass is 409 g/mol. The molecule has 0 fully saturated rings. The molecule has 3 rings (SSSR count). The van der Waals surface area contributed by atoms with Crippen LogP contribution in [0.25, 0.3) is 0 Å². The van der Waals surface area contributed by atoms with Crippen LogP contribution in [0.3, 0.4) is 0 Å². The molecule has 0 aromatic heterocycles. The average molecular weight is 409 g/mol. The maximum atomic E-state index is 12.4. The zero-order valence-corrected chi connectivity index (χ0v) is 17.6. The van der Waals surface area contributed by atoms with E-state index in [1.54, 1.807) is 25.1 Å². The minimum Gasteiger partial charge on any atom is -0.493 e. The van der Waals surface area contributed by atoms with E-state index in [9.17, 15) is 9.59 Å². The van der Waals surface area contributed by atoms with E-state index in [0.29, 0.717) is 22.8 Å². The highest BCUT2D eigenvalue weighted by Crippen LogP contribution is 2.28. The van der Waals surface area contributed by atoms with Crippen molar-refractivity contribution in [2.24, 2.45) is 5.10 Å². The molecule has 0 spiro atoms. The van der Waals surface area contributed by atoms with E-state index in [0.717, 1.165) is 24.9 Å². The minimum absolute atomic E-state index is 0.0931. The van der Waals surface area contributed by atoms with Crippen LogP contribution in [0.15, 0.2) is 41.5 Å². The number of hydrazone groups is 1. The molecule has 1 aliphatic carbocycles. The maximum absolute atomic E-state index is 12.4. The zero-order valence-electron chi connectivity index (χ0n) is 17.6. The third-order valence-corrected chi connectivity index (χ3v) is 5.08. The van der Waals surface area contributed by atoms with Crippen LogP contribution in [0.4, 0.5) is 5.69 Å². The molecule has 0 saturated heterocycles. The van der Waals surface area contributed by atoms with Gasteiger partial charge < -0.3 is 14.8 Å². The molecule has 30 heavy (non-hydrogen) atoms. The topological polar surface area (TPSA) is 89.0 Å². The molecule has 7 nitrogen and oxygen atoms in total. The summed E-state index contributed by atoms with van der Waals surface area (Å²) in [5.41, 5.74) is 6.78. The quantitative estimate of drug-likeness (QED) is 0.539. The van der Waals surface area contributed by atoms with Crippen molar-refractivity contribution in [1.82, 2.24) is 5.43 Å². The van der Waals surface area contributed by atoms with Crippen molar-refractivity contribution in [3.8, 4) is 11.5 Å². The first-order chi connectivity index (χ1) is 14.5. The number of rotatable bonds is 7. The van der Waals surface area contributed by atoms with Gasteiger partial charge in [-0.05, 0) is 68.0 Å². The van der Waals surface area contributed by atoms with E-state index < -0.39 is 5.91 Å². The molecule has 2 amide bonds. The van der Waals surface area contributed by atoms with Gasteiger partial charge in [0.25, 0.3) is 5.91 Å². The summed E-state index contributed by atoms with van der Waals surface area (Å²) in [6, 6.07) is 10.9. The molecule has 0 heterocycles. The summed E-state index contributed by atoms with van der Waals surface area (Å²) >= 11 is 0. The first-order valence-electron chi connectivity index (χ1n) is 9.98. The molecule has 0 unspecified atom stereocenters. The molecule has 2 N–H and O–H groups in total. The Kier molecular flexibility index (Phi) is 7.06. The Morgan fingerprint density at radius 3 is 2.57 bits per heavy atom. The second kappa shape index (κ2) is 9.91. The second-order valence-corrected chi connectivity index (χ2v) is 7.23. The maximum Gasteiger partial charge on any atom is 0.271 e. The molecule has 0 bridgehead atoms. The van der Waals surface area contributed by atoms with Gasteiger partial charge in [0.2, 0.25) is 5.91 Å². The Labute approximate surface area is 176 Å². The van der Waals surface area contributed by atoms with Crippen LogP contribution in [0.2, 0.25) is 0 Å². The Hall–Kier alpha value is -3.35. The first-order valence-corrected chi connectivity index (χ1v) is 9.98. The number of amides is 2. The highest BCUT2D eigenvalue weighted by molar-refractivity contribution is 6.06. The standard InChI is InChI=1S/C23H27N3O4/c1-15(25-26-23(28)17-11-12-20(29-2)21(14-17)30-3)13-22(27)24-19-10-6-8-16-7-4-5-9-18(16)19/h6,8,10-12,14H,4-5,7,9,13H2,1-3H3,(H,24,27)(H,26,28). The number of nitrogens with one attached hydrogen (secondary N) is 2. The summed E-state index contributed by atoms with van der Waals surface area (Å²) in [6.45, 7) is 1.70. The highest BCUT2D eigenvalue weighted by Gasteiger charge is 2.15. The normalized spacial score (nSPS) is 13.2. The molecular formula is C23H27N3O4. The summed E-state index contributed by atoms with van der Waals surface area (Å²) in [4.78, 5) is 24.8. The summed E-state index contributed by atoms with van der Waals surface area (Å²) in [5, 5.41) is 7.04. The predicted octanol–water partition coefficient (Wildman–Crippen LogP) is 3.72. The first kappa shape index (κ1) is 21.4. The van der Waals surface area contributed by atoms with E-state index in [1.807, 2.05) is 12.1 Å². The molecule has 158 valence electrons. The lowest BCUT2D eigenvalue weighted by molar-refractivity contribution is -0.115. The Bertz CT molecular complexity index is 969. The number of carbonyl (C=O) groups excluding carboxylic acids is 2. The van der Waals surface area contributed by atoms with Gasteiger partial charge >= 0.3 is 0 Å². The molecule has 7 heteroatoms. The molecule has 2 aromatic carbocycles. The lowest BCUT2D eigenvalue weighted by Gasteiger charge is -2.19. The van der Waals surface area contributed by atoms with Crippen LogP contribution >= 0.6 is 0 Å². The van der Waals surface area contributed by atoms with Crippen molar-refractivity contribution < 1.29 is 19.1 Å². The van der Waals surface area contributed by atoms with Gasteiger partial charge in [-0.15, -0.1) is 0 Å². The fourth-order valence-electron chi connectivity index (χ4n) is 3.55. The van der Waals surface area contributed by atoms with Crippen LogP contribution in [0.1, 0.15) is 47.7 Å². The number of hydrogen-bond acceptors (Lipinski definition) is 5. The summed E-state index contributed by atoms with van der Waals surface area (Å²) in [6.07, 6.45) is 4.47. The van der Waals surface area contributed by atoms with E-state index >= 15 is 0 Å². The van der Waals surface area contributed by atoms with Crippen molar-refractivity contribution in [1.29, 1.82) is 0 Å². The lowest BCUT2D eigenvalue weighted by Crippen LogP contribution is -2.22. The number of hydrogen-bond donors (Lipinski definition) is 2. The highest BCUT2D eigenvalue weighted by atomic mass is 16.5. The average Bonchev–Trinajstić information content (AvgIpc) is 2.77. The van der Waals surface area contributed by atoms with Crippen LogP contribution in [0, 0.1) is 0 Å². The molecular weight excluding hydrogens is 382 g/mol. The van der Waals surface area contributed by atoms with Crippen LogP contribution in [-0.2, 0) is 17.6 Å². The largest absolute Gasteiger partial charge is 0.493 e. The van der Waals surface area contributed by atoms with Gasteiger partial charge in [-0.25, -0.2) is 5.43 Å². The van der Waals surface area contributed by atoms with E-state index in [4.69, 9.17) is 9.47 Å². The zero-order chi connectivity index (χ0) is 21.5. The number of carbonyl (C=O) groups is 2. The molecule has 0 radical (unpaired) electrons. The minimum atomic E-state index is -0.396. The molecule has 0 atom stereocenters. The Morgan fingerprint density at radius 2 is 1.80 bits per heavy atom. The number of fused-ring (bicyclic) bond motifs is 1. The fraction of sp³-hybridized carbons (Fsp3) is 0.348. The van der Waals surface area contributed by atoms with Gasteiger partial charge in [-0.2, -0.15) is 5.10 Å². The van der Waals surface area contributed by atoms with Gasteiger partial charge in [-0.3, -0.25) is 9.59 Å². The van der Waals surface area contributed by atoms with Crippen molar-refractivity contribution in [3.05, 3.63) is 53.1 Å². The predicted molar refractivity (Wildman–Crippen MR) is 116 cm³/mol. The summed E-state index contributed by atoms with van der Waals surface area (Å²) < 4.78 is 10.4. The third-order valence-electron chi connectivity index (χ3n) is 5.08. The van der Waals surface area contributed by atoms with Crippen LogP contribution in [0.5, 0.6) is 11.5 Å². The van der Waals surface area contributed by atoms with Crippen molar-refractivity contribution in [2.75, 3.05) is 19.5 Å². The van der Waals surface area contributed by atoms with Crippen molar-refractivity contribution in [2.45, 2.75) is 39.0 Å². The van der Waals surface area contributed by atoms with Gasteiger partial charge in [0.15, 0.2) is 11.5 Å². The number of benzene rings is 2. The fourth-order valence-corrected chi connectivity index (χ4v) is 3.55. The summed E-state index contributed by atoms with van der Waals surface area (Å²) in [7, 11) is 3.03. The Balaban J connectivity index is 1.59. The number of aryl methyl sites for hydroxylation is 1. The van der Waals surface area contributed by atoms with E-state index in [2.05, 4.69) is 21.9 Å². The van der Waals surface area contributed by atoms with Crippen molar-refractivity contribution in [3.63, 3.8) is 0 Å². The van der Waals surface area contributed by atoms with Crippen molar-refractivity contribution >= 4 is 23.2 Å². The molecule has 0 aliphatic heterocycles. The van der Waals surface area contributed by atoms with Crippen LogP contribution < -0.4 is 20.2 Å². The SMILES string of the molecule is COc1ccc(C(=O)NN=C(C)CC(=O)Nc2cccc3c2CCCC3)cc1OC. The van der Waals surface area contributed by atoms with Gasteiger partial charge in [0.05, 0.1) is 20.6 Å². The number of ether oxygens (including phenoxy) is 2. The second-order valence-electron chi connectivity index (χ2n) is 7.23. The van der Waals surface area contributed by atoms with Gasteiger partial charge in [0.1, 0.15) is 0 Å². The van der Waals surface area contributed by atoms with E-state index in [-0.39, 0.29) is 12.3 Å². The van der Waals surface area contributed by atoms with Crippen LogP contribution in [-0.4, -0.2) is 31.7 Å². The molecule has 0 saturated carbocycles. The third kappa shape index (κ3) is 5.17.